The van der Waals surface area contributed by atoms with Crippen LogP contribution in [-0.2, 0) is 5.41 Å². The molecule has 0 atom stereocenters. The van der Waals surface area contributed by atoms with Crippen LogP contribution in [0.3, 0.4) is 0 Å². The fourth-order valence-corrected chi connectivity index (χ4v) is 8.86. The van der Waals surface area contributed by atoms with Crippen LogP contribution in [0, 0.1) is 0 Å². The minimum Gasteiger partial charge on any atom is -0.457 e. The molecule has 9 aromatic rings. The third-order valence-corrected chi connectivity index (χ3v) is 11.2. The Morgan fingerprint density at radius 3 is 1.72 bits per heavy atom. The molecular formula is C51H32N2O. The molecule has 0 saturated carbocycles. The average Bonchev–Trinajstić information content (AvgIpc) is 3.53. The van der Waals surface area contributed by atoms with E-state index < -0.39 is 5.41 Å². The van der Waals surface area contributed by atoms with Crippen molar-refractivity contribution in [3.63, 3.8) is 0 Å². The zero-order valence-corrected chi connectivity index (χ0v) is 29.3. The minimum absolute atomic E-state index is 0.563. The number of para-hydroxylation sites is 2. The highest BCUT2D eigenvalue weighted by Crippen LogP contribution is 2.62. The summed E-state index contributed by atoms with van der Waals surface area (Å²) in [5, 5.41) is 2.42. The van der Waals surface area contributed by atoms with Crippen LogP contribution in [-0.4, -0.2) is 9.97 Å². The Morgan fingerprint density at radius 2 is 0.926 bits per heavy atom. The van der Waals surface area contributed by atoms with Crippen molar-refractivity contribution in [1.29, 1.82) is 0 Å². The molecule has 11 rings (SSSR count). The number of fused-ring (bicyclic) bond motifs is 10. The van der Waals surface area contributed by atoms with Gasteiger partial charge in [-0.3, -0.25) is 0 Å². The third-order valence-electron chi connectivity index (χ3n) is 11.2. The summed E-state index contributed by atoms with van der Waals surface area (Å²) >= 11 is 0. The monoisotopic (exact) mass is 688 g/mol. The summed E-state index contributed by atoms with van der Waals surface area (Å²) in [6, 6.07) is 68.9. The number of ether oxygens (including phenoxy) is 1. The van der Waals surface area contributed by atoms with Gasteiger partial charge < -0.3 is 4.74 Å². The van der Waals surface area contributed by atoms with Crippen LogP contribution in [0.15, 0.2) is 194 Å². The molecule has 1 aliphatic heterocycles. The van der Waals surface area contributed by atoms with Crippen molar-refractivity contribution < 1.29 is 4.74 Å². The molecule has 0 N–H and O–H groups in total. The highest BCUT2D eigenvalue weighted by Gasteiger charge is 2.51. The molecule has 0 amide bonds. The van der Waals surface area contributed by atoms with E-state index in [0.717, 1.165) is 56.3 Å². The molecular weight excluding hydrogens is 657 g/mol. The second kappa shape index (κ2) is 12.0. The van der Waals surface area contributed by atoms with E-state index in [9.17, 15) is 0 Å². The molecule has 0 fully saturated rings. The van der Waals surface area contributed by atoms with Crippen molar-refractivity contribution in [2.75, 3.05) is 0 Å². The van der Waals surface area contributed by atoms with Crippen molar-refractivity contribution in [1.82, 2.24) is 9.97 Å². The Bertz CT molecular complexity index is 2880. The first-order chi connectivity index (χ1) is 26.8. The molecule has 252 valence electrons. The molecule has 8 aromatic carbocycles. The van der Waals surface area contributed by atoms with Crippen LogP contribution in [0.25, 0.3) is 66.9 Å². The van der Waals surface area contributed by atoms with E-state index in [1.54, 1.807) is 0 Å². The molecule has 54 heavy (non-hydrogen) atoms. The Balaban J connectivity index is 1.17. The molecule has 1 aromatic heterocycles. The van der Waals surface area contributed by atoms with E-state index in [4.69, 9.17) is 14.7 Å². The Kier molecular flexibility index (Phi) is 6.77. The minimum atomic E-state index is -0.563. The van der Waals surface area contributed by atoms with E-state index >= 15 is 0 Å². The van der Waals surface area contributed by atoms with E-state index in [1.807, 2.05) is 18.2 Å². The van der Waals surface area contributed by atoms with E-state index in [0.29, 0.717) is 5.82 Å². The van der Waals surface area contributed by atoms with Gasteiger partial charge in [0.25, 0.3) is 0 Å². The zero-order valence-electron chi connectivity index (χ0n) is 29.3. The molecule has 2 heterocycles. The zero-order chi connectivity index (χ0) is 35.6. The van der Waals surface area contributed by atoms with E-state index in [1.165, 1.54) is 38.6 Å². The predicted molar refractivity (Wildman–Crippen MR) is 219 cm³/mol. The second-order valence-electron chi connectivity index (χ2n) is 14.1. The predicted octanol–water partition coefficient (Wildman–Crippen LogP) is 12.8. The number of nitrogens with zero attached hydrogens (tertiary/aromatic N) is 2. The highest BCUT2D eigenvalue weighted by molar-refractivity contribution is 6.00. The third kappa shape index (κ3) is 4.49. The fraction of sp³-hybridized carbons (Fsp3) is 0.0196. The quantitative estimate of drug-likeness (QED) is 0.185. The summed E-state index contributed by atoms with van der Waals surface area (Å²) in [6.45, 7) is 0. The molecule has 0 unspecified atom stereocenters. The first-order valence-electron chi connectivity index (χ1n) is 18.4. The lowest BCUT2D eigenvalue weighted by Gasteiger charge is -2.39. The van der Waals surface area contributed by atoms with Crippen molar-refractivity contribution in [2.45, 2.75) is 5.41 Å². The summed E-state index contributed by atoms with van der Waals surface area (Å²) in [4.78, 5) is 10.6. The molecule has 3 nitrogen and oxygen atoms in total. The Morgan fingerprint density at radius 1 is 0.352 bits per heavy atom. The summed E-state index contributed by atoms with van der Waals surface area (Å²) in [7, 11) is 0. The molecule has 1 spiro atoms. The second-order valence-corrected chi connectivity index (χ2v) is 14.1. The van der Waals surface area contributed by atoms with Crippen molar-refractivity contribution >= 4 is 10.8 Å². The maximum Gasteiger partial charge on any atom is 0.160 e. The van der Waals surface area contributed by atoms with Gasteiger partial charge in [0, 0.05) is 27.8 Å². The Labute approximate surface area is 313 Å². The molecule has 1 aliphatic carbocycles. The van der Waals surface area contributed by atoms with Crippen molar-refractivity contribution in [3.05, 3.63) is 216 Å². The van der Waals surface area contributed by atoms with Gasteiger partial charge in [0.05, 0.1) is 16.8 Å². The molecule has 0 radical (unpaired) electrons. The standard InChI is InChI=1S/C51H32N2O/c1-2-16-34(17-3-1)50-52-46(32-47(53-50)41-22-7-6-20-38(41)37-23-14-18-33-15-4-5-19-36(33)37)35-29-30-40-39-21-8-9-24-42(39)51(45(40)31-35)43-25-10-12-27-48(43)54-49-28-13-11-26-44(49)51/h1-32H. The SMILES string of the molecule is c1ccc(-c2nc(-c3ccc4c(c3)C3(c5ccccc5Oc5ccccc53)c3ccccc3-4)cc(-c3ccccc3-c3cccc4ccccc34)n2)cc1. The first kappa shape index (κ1) is 30.5. The number of rotatable bonds is 4. The van der Waals surface area contributed by atoms with Gasteiger partial charge in [-0.15, -0.1) is 0 Å². The van der Waals surface area contributed by atoms with Crippen molar-refractivity contribution in [2.24, 2.45) is 0 Å². The van der Waals surface area contributed by atoms with Crippen LogP contribution in [0.4, 0.5) is 0 Å². The van der Waals surface area contributed by atoms with Gasteiger partial charge in [-0.05, 0) is 68.4 Å². The summed E-state index contributed by atoms with van der Waals surface area (Å²) in [5.41, 5.74) is 13.8. The van der Waals surface area contributed by atoms with Gasteiger partial charge in [0.15, 0.2) is 5.82 Å². The van der Waals surface area contributed by atoms with Crippen LogP contribution in [0.2, 0.25) is 0 Å². The van der Waals surface area contributed by atoms with Gasteiger partial charge in [0.1, 0.15) is 11.5 Å². The smallest absolute Gasteiger partial charge is 0.160 e. The summed E-state index contributed by atoms with van der Waals surface area (Å²) in [6.07, 6.45) is 0. The van der Waals surface area contributed by atoms with Gasteiger partial charge in [0.2, 0.25) is 0 Å². The van der Waals surface area contributed by atoms with Crippen LogP contribution < -0.4 is 4.74 Å². The van der Waals surface area contributed by atoms with Crippen LogP contribution in [0.1, 0.15) is 22.3 Å². The number of aromatic nitrogens is 2. The maximum atomic E-state index is 6.59. The molecule has 3 heteroatoms. The topological polar surface area (TPSA) is 35.0 Å². The molecule has 2 aliphatic rings. The normalized spacial score (nSPS) is 13.1. The largest absolute Gasteiger partial charge is 0.457 e. The molecule has 0 saturated heterocycles. The van der Waals surface area contributed by atoms with Crippen LogP contribution in [0.5, 0.6) is 11.5 Å². The lowest BCUT2D eigenvalue weighted by atomic mass is 9.66. The van der Waals surface area contributed by atoms with Gasteiger partial charge >= 0.3 is 0 Å². The lowest BCUT2D eigenvalue weighted by molar-refractivity contribution is 0.436. The maximum absolute atomic E-state index is 6.59. The number of hydrogen-bond acceptors (Lipinski definition) is 3. The lowest BCUT2D eigenvalue weighted by Crippen LogP contribution is -2.32. The average molecular weight is 689 g/mol. The molecule has 0 bridgehead atoms. The van der Waals surface area contributed by atoms with E-state index in [-0.39, 0.29) is 0 Å². The van der Waals surface area contributed by atoms with E-state index in [2.05, 4.69) is 176 Å². The fourth-order valence-electron chi connectivity index (χ4n) is 8.86. The van der Waals surface area contributed by atoms with Crippen molar-refractivity contribution in [3.8, 4) is 67.7 Å². The van der Waals surface area contributed by atoms with Gasteiger partial charge in [-0.1, -0.05) is 170 Å². The number of hydrogen-bond donors (Lipinski definition) is 0. The highest BCUT2D eigenvalue weighted by atomic mass is 16.5. The van der Waals surface area contributed by atoms with Crippen LogP contribution >= 0.6 is 0 Å². The summed E-state index contributed by atoms with van der Waals surface area (Å²) < 4.78 is 6.59. The number of benzene rings is 8. The van der Waals surface area contributed by atoms with Gasteiger partial charge in [-0.25, -0.2) is 9.97 Å². The first-order valence-corrected chi connectivity index (χ1v) is 18.4. The van der Waals surface area contributed by atoms with Gasteiger partial charge in [-0.2, -0.15) is 0 Å². The summed E-state index contributed by atoms with van der Waals surface area (Å²) in [5.74, 6) is 2.45. The Hall–Kier alpha value is -7.10.